The molecule has 0 atom stereocenters. The van der Waals surface area contributed by atoms with Gasteiger partial charge in [0.15, 0.2) is 0 Å². The first kappa shape index (κ1) is 22.2. The summed E-state index contributed by atoms with van der Waals surface area (Å²) >= 11 is 0. The van der Waals surface area contributed by atoms with Crippen molar-refractivity contribution in [1.82, 2.24) is 15.0 Å². The third kappa shape index (κ3) is 4.58. The van der Waals surface area contributed by atoms with E-state index in [0.29, 0.717) is 11.4 Å². The van der Waals surface area contributed by atoms with Crippen LogP contribution in [0.1, 0.15) is 24.2 Å². The molecule has 8 nitrogen and oxygen atoms in total. The lowest BCUT2D eigenvalue weighted by Gasteiger charge is -2.33. The molecule has 0 amide bonds. The van der Waals surface area contributed by atoms with Crippen LogP contribution in [0, 0.1) is 13.8 Å². The van der Waals surface area contributed by atoms with Gasteiger partial charge in [0.2, 0.25) is 0 Å². The molecular weight excluding hydrogens is 426 g/mol. The Balaban J connectivity index is 1.70. The summed E-state index contributed by atoms with van der Waals surface area (Å²) in [4.78, 5) is 15.9. The van der Waals surface area contributed by atoms with Gasteiger partial charge in [0.25, 0.3) is 10.0 Å². The lowest BCUT2D eigenvalue weighted by atomic mass is 10.0. The Bertz CT molecular complexity index is 1190. The van der Waals surface area contributed by atoms with Crippen LogP contribution in [0.15, 0.2) is 53.8 Å². The molecule has 0 aliphatic carbocycles. The fraction of sp³-hybridized carbons (Fsp3) is 0.348. The number of benzene rings is 1. The highest BCUT2D eigenvalue weighted by Crippen LogP contribution is 2.34. The van der Waals surface area contributed by atoms with Crippen molar-refractivity contribution >= 4 is 21.5 Å². The summed E-state index contributed by atoms with van der Waals surface area (Å²) in [5.74, 6) is 0.828. The van der Waals surface area contributed by atoms with Gasteiger partial charge in [-0.3, -0.25) is 9.71 Å². The number of hydrogen-bond acceptors (Lipinski definition) is 7. The third-order valence-corrected chi connectivity index (χ3v) is 7.15. The van der Waals surface area contributed by atoms with Crippen LogP contribution < -0.4 is 9.62 Å². The van der Waals surface area contributed by atoms with E-state index < -0.39 is 10.0 Å². The van der Waals surface area contributed by atoms with E-state index in [1.54, 1.807) is 63.0 Å². The zero-order valence-corrected chi connectivity index (χ0v) is 19.3. The zero-order chi connectivity index (χ0) is 22.7. The van der Waals surface area contributed by atoms with Gasteiger partial charge >= 0.3 is 0 Å². The summed E-state index contributed by atoms with van der Waals surface area (Å²) in [6.45, 7) is 5.36. The van der Waals surface area contributed by atoms with E-state index in [9.17, 15) is 8.42 Å². The molecule has 0 bridgehead atoms. The fourth-order valence-electron chi connectivity index (χ4n) is 3.92. The summed E-state index contributed by atoms with van der Waals surface area (Å²) in [5, 5.41) is 0. The molecule has 1 N–H and O–H groups in total. The molecule has 0 radical (unpaired) electrons. The Morgan fingerprint density at radius 2 is 1.75 bits per heavy atom. The average Bonchev–Trinajstić information content (AvgIpc) is 2.81. The summed E-state index contributed by atoms with van der Waals surface area (Å²) in [5.41, 5.74) is 3.45. The van der Waals surface area contributed by atoms with Gasteiger partial charge in [-0.25, -0.2) is 18.4 Å². The highest BCUT2D eigenvalue weighted by atomic mass is 32.2. The Morgan fingerprint density at radius 3 is 2.44 bits per heavy atom. The minimum Gasteiger partial charge on any atom is -0.381 e. The Kier molecular flexibility index (Phi) is 6.38. The lowest BCUT2D eigenvalue weighted by Crippen LogP contribution is -2.37. The molecule has 1 saturated heterocycles. The van der Waals surface area contributed by atoms with Crippen molar-refractivity contribution in [1.29, 1.82) is 0 Å². The van der Waals surface area contributed by atoms with Crippen LogP contribution in [0.4, 0.5) is 11.5 Å². The van der Waals surface area contributed by atoms with Gasteiger partial charge in [-0.05, 0) is 44.9 Å². The van der Waals surface area contributed by atoms with Gasteiger partial charge in [-0.15, -0.1) is 0 Å². The van der Waals surface area contributed by atoms with Crippen LogP contribution in [0.3, 0.4) is 0 Å². The van der Waals surface area contributed by atoms with Gasteiger partial charge < -0.3 is 9.64 Å². The van der Waals surface area contributed by atoms with Crippen molar-refractivity contribution < 1.29 is 13.2 Å². The molecule has 168 valence electrons. The van der Waals surface area contributed by atoms with Crippen molar-refractivity contribution in [2.45, 2.75) is 37.7 Å². The van der Waals surface area contributed by atoms with Gasteiger partial charge in [0.1, 0.15) is 12.1 Å². The average molecular weight is 454 g/mol. The first-order valence-corrected chi connectivity index (χ1v) is 12.0. The van der Waals surface area contributed by atoms with E-state index in [2.05, 4.69) is 24.6 Å². The molecule has 3 heterocycles. The van der Waals surface area contributed by atoms with E-state index >= 15 is 0 Å². The second kappa shape index (κ2) is 9.22. The van der Waals surface area contributed by atoms with Crippen molar-refractivity contribution in [3.63, 3.8) is 0 Å². The third-order valence-electron chi connectivity index (χ3n) is 5.77. The van der Waals surface area contributed by atoms with Crippen LogP contribution in [-0.4, -0.2) is 49.7 Å². The maximum atomic E-state index is 12.9. The monoisotopic (exact) mass is 453 g/mol. The molecule has 1 aromatic carbocycles. The Labute approximate surface area is 188 Å². The number of aryl methyl sites for hydroxylation is 2. The van der Waals surface area contributed by atoms with Crippen LogP contribution in [0.25, 0.3) is 11.1 Å². The number of anilines is 2. The molecular formula is C23H27N5O3S. The molecule has 4 rings (SSSR count). The molecule has 1 aliphatic rings. The van der Waals surface area contributed by atoms with Crippen molar-refractivity contribution in [2.75, 3.05) is 29.8 Å². The predicted octanol–water partition coefficient (Wildman–Crippen LogP) is 3.57. The molecule has 0 saturated carbocycles. The van der Waals surface area contributed by atoms with E-state index in [-0.39, 0.29) is 11.0 Å². The van der Waals surface area contributed by atoms with Crippen molar-refractivity contribution in [2.24, 2.45) is 0 Å². The predicted molar refractivity (Wildman–Crippen MR) is 124 cm³/mol. The Hall–Kier alpha value is -3.04. The standard InChI is InChI=1S/C23H27N5O3S/c1-16-21(27-32(29,30)20-7-5-4-6-8-20)13-18(14-24-16)22-17(2)25-15-26-23(22)28-11-9-19(31-3)10-12-28/h4-8,13-15,19,27H,9-12H2,1-3H3. The summed E-state index contributed by atoms with van der Waals surface area (Å²) < 4.78 is 33.9. The zero-order valence-electron chi connectivity index (χ0n) is 18.4. The van der Waals surface area contributed by atoms with Crippen molar-refractivity contribution in [3.05, 3.63) is 60.3 Å². The second-order valence-electron chi connectivity index (χ2n) is 7.86. The molecule has 0 spiro atoms. The summed E-state index contributed by atoms with van der Waals surface area (Å²) in [7, 11) is -1.98. The number of rotatable bonds is 6. The van der Waals surface area contributed by atoms with Crippen LogP contribution in [0.5, 0.6) is 0 Å². The van der Waals surface area contributed by atoms with Gasteiger partial charge in [-0.2, -0.15) is 0 Å². The molecule has 0 unspecified atom stereocenters. The number of hydrogen-bond donors (Lipinski definition) is 1. The lowest BCUT2D eigenvalue weighted by molar-refractivity contribution is 0.0818. The number of nitrogens with zero attached hydrogens (tertiary/aromatic N) is 4. The maximum absolute atomic E-state index is 12.9. The topological polar surface area (TPSA) is 97.3 Å². The van der Waals surface area contributed by atoms with E-state index in [1.807, 2.05) is 6.92 Å². The van der Waals surface area contributed by atoms with Crippen LogP contribution in [0.2, 0.25) is 0 Å². The summed E-state index contributed by atoms with van der Waals surface area (Å²) in [6, 6.07) is 10.1. The van der Waals surface area contributed by atoms with Crippen molar-refractivity contribution in [3.8, 4) is 11.1 Å². The second-order valence-corrected chi connectivity index (χ2v) is 9.54. The van der Waals surface area contributed by atoms with E-state index in [0.717, 1.165) is 48.6 Å². The first-order chi connectivity index (χ1) is 15.4. The number of methoxy groups -OCH3 is 1. The largest absolute Gasteiger partial charge is 0.381 e. The van der Waals surface area contributed by atoms with Crippen LogP contribution >= 0.6 is 0 Å². The number of piperidine rings is 1. The quantitative estimate of drug-likeness (QED) is 0.609. The smallest absolute Gasteiger partial charge is 0.261 e. The van der Waals surface area contributed by atoms with Gasteiger partial charge in [-0.1, -0.05) is 18.2 Å². The number of ether oxygens (including phenoxy) is 1. The van der Waals surface area contributed by atoms with E-state index in [4.69, 9.17) is 4.74 Å². The minimum atomic E-state index is -3.73. The highest BCUT2D eigenvalue weighted by molar-refractivity contribution is 7.92. The van der Waals surface area contributed by atoms with Gasteiger partial charge in [0, 0.05) is 37.5 Å². The van der Waals surface area contributed by atoms with Crippen LogP contribution in [-0.2, 0) is 14.8 Å². The molecule has 1 fully saturated rings. The number of sulfonamides is 1. The SMILES string of the molecule is COC1CCN(c2ncnc(C)c2-c2cnc(C)c(NS(=O)(=O)c3ccccc3)c2)CC1. The first-order valence-electron chi connectivity index (χ1n) is 10.5. The molecule has 9 heteroatoms. The highest BCUT2D eigenvalue weighted by Gasteiger charge is 2.24. The van der Waals surface area contributed by atoms with Gasteiger partial charge in [0.05, 0.1) is 28.1 Å². The molecule has 3 aromatic rings. The fourth-order valence-corrected chi connectivity index (χ4v) is 5.05. The maximum Gasteiger partial charge on any atom is 0.261 e. The molecule has 32 heavy (non-hydrogen) atoms. The van der Waals surface area contributed by atoms with E-state index in [1.165, 1.54) is 0 Å². The Morgan fingerprint density at radius 1 is 1.03 bits per heavy atom. The molecule has 2 aromatic heterocycles. The molecule has 1 aliphatic heterocycles. The summed E-state index contributed by atoms with van der Waals surface area (Å²) in [6.07, 6.45) is 5.42. The minimum absolute atomic E-state index is 0.200. The normalized spacial score (nSPS) is 15.0. The number of pyridine rings is 1. The number of nitrogens with one attached hydrogen (secondary N) is 1. The number of aromatic nitrogens is 3.